The molecule has 0 aromatic carbocycles. The highest BCUT2D eigenvalue weighted by Crippen LogP contribution is 2.38. The highest BCUT2D eigenvalue weighted by Gasteiger charge is 2.35. The summed E-state index contributed by atoms with van der Waals surface area (Å²) in [4.78, 5) is 2.57. The van der Waals surface area contributed by atoms with Crippen LogP contribution in [0.1, 0.15) is 30.8 Å². The Morgan fingerprint density at radius 3 is 2.65 bits per heavy atom. The number of likely N-dealkylation sites (tertiary alicyclic amines) is 1. The van der Waals surface area contributed by atoms with E-state index in [0.29, 0.717) is 0 Å². The van der Waals surface area contributed by atoms with Crippen LogP contribution in [0.3, 0.4) is 0 Å². The van der Waals surface area contributed by atoms with Gasteiger partial charge in [-0.3, -0.25) is 4.90 Å². The summed E-state index contributed by atoms with van der Waals surface area (Å²) in [5.41, 5.74) is 0. The second-order valence-electron chi connectivity index (χ2n) is 5.54. The SMILES string of the molecule is CNCc1ccc(CN2CC3CCCC3C2)o1. The molecule has 0 radical (unpaired) electrons. The van der Waals surface area contributed by atoms with E-state index in [0.717, 1.165) is 36.4 Å². The molecule has 2 fully saturated rings. The van der Waals surface area contributed by atoms with Gasteiger partial charge in [0.05, 0.1) is 13.1 Å². The fraction of sp³-hybridized carbons (Fsp3) is 0.714. The first-order chi connectivity index (χ1) is 8.35. The van der Waals surface area contributed by atoms with Gasteiger partial charge in [0.25, 0.3) is 0 Å². The summed E-state index contributed by atoms with van der Waals surface area (Å²) in [5, 5.41) is 3.12. The molecule has 3 heteroatoms. The minimum absolute atomic E-state index is 0.825. The Labute approximate surface area is 103 Å². The number of hydrogen-bond acceptors (Lipinski definition) is 3. The van der Waals surface area contributed by atoms with Crippen molar-refractivity contribution in [1.82, 2.24) is 10.2 Å². The Morgan fingerprint density at radius 2 is 1.94 bits per heavy atom. The minimum Gasteiger partial charge on any atom is -0.463 e. The quantitative estimate of drug-likeness (QED) is 0.866. The van der Waals surface area contributed by atoms with Crippen LogP contribution in [0, 0.1) is 11.8 Å². The molecule has 1 aromatic rings. The molecule has 3 nitrogen and oxygen atoms in total. The zero-order chi connectivity index (χ0) is 11.7. The Balaban J connectivity index is 1.56. The molecule has 2 heterocycles. The average molecular weight is 234 g/mol. The number of nitrogens with one attached hydrogen (secondary N) is 1. The summed E-state index contributed by atoms with van der Waals surface area (Å²) in [6.07, 6.45) is 4.35. The first kappa shape index (κ1) is 11.3. The molecule has 0 spiro atoms. The van der Waals surface area contributed by atoms with Crippen LogP contribution < -0.4 is 5.32 Å². The van der Waals surface area contributed by atoms with Crippen molar-refractivity contribution in [3.8, 4) is 0 Å². The number of nitrogens with zero attached hydrogens (tertiary/aromatic N) is 1. The summed E-state index contributed by atoms with van der Waals surface area (Å²) in [5.74, 6) is 4.11. The summed E-state index contributed by atoms with van der Waals surface area (Å²) in [6, 6.07) is 4.21. The molecule has 0 amide bonds. The third-order valence-corrected chi connectivity index (χ3v) is 4.25. The van der Waals surface area contributed by atoms with Crippen LogP contribution in [-0.2, 0) is 13.1 Å². The lowest BCUT2D eigenvalue weighted by molar-refractivity contribution is 0.272. The molecule has 3 rings (SSSR count). The van der Waals surface area contributed by atoms with Crippen LogP contribution in [0.2, 0.25) is 0 Å². The van der Waals surface area contributed by atoms with Crippen molar-refractivity contribution in [2.24, 2.45) is 11.8 Å². The Bertz CT molecular complexity index is 362. The Kier molecular flexibility index (Phi) is 3.21. The lowest BCUT2D eigenvalue weighted by Gasteiger charge is -2.14. The van der Waals surface area contributed by atoms with Crippen molar-refractivity contribution in [3.05, 3.63) is 23.7 Å². The fourth-order valence-corrected chi connectivity index (χ4v) is 3.46. The molecule has 94 valence electrons. The van der Waals surface area contributed by atoms with Gasteiger partial charge in [-0.1, -0.05) is 6.42 Å². The summed E-state index contributed by atoms with van der Waals surface area (Å²) < 4.78 is 5.80. The van der Waals surface area contributed by atoms with E-state index in [1.807, 2.05) is 7.05 Å². The molecule has 0 bridgehead atoms. The van der Waals surface area contributed by atoms with Gasteiger partial charge in [0.15, 0.2) is 0 Å². The van der Waals surface area contributed by atoms with E-state index in [2.05, 4.69) is 22.3 Å². The van der Waals surface area contributed by atoms with Gasteiger partial charge in [0.1, 0.15) is 11.5 Å². The van der Waals surface area contributed by atoms with Crippen molar-refractivity contribution >= 4 is 0 Å². The molecule has 17 heavy (non-hydrogen) atoms. The van der Waals surface area contributed by atoms with E-state index >= 15 is 0 Å². The first-order valence-corrected chi connectivity index (χ1v) is 6.79. The number of hydrogen-bond donors (Lipinski definition) is 1. The molecule has 1 aliphatic carbocycles. The molecule has 1 aliphatic heterocycles. The third-order valence-electron chi connectivity index (χ3n) is 4.25. The largest absolute Gasteiger partial charge is 0.463 e. The first-order valence-electron chi connectivity index (χ1n) is 6.79. The maximum absolute atomic E-state index is 5.80. The predicted molar refractivity (Wildman–Crippen MR) is 67.6 cm³/mol. The normalized spacial score (nSPS) is 28.8. The van der Waals surface area contributed by atoms with E-state index in [-0.39, 0.29) is 0 Å². The lowest BCUT2D eigenvalue weighted by atomic mass is 10.0. The van der Waals surface area contributed by atoms with Gasteiger partial charge < -0.3 is 9.73 Å². The van der Waals surface area contributed by atoms with Gasteiger partial charge in [-0.2, -0.15) is 0 Å². The van der Waals surface area contributed by atoms with E-state index in [9.17, 15) is 0 Å². The Hall–Kier alpha value is -0.800. The molecule has 2 unspecified atom stereocenters. The minimum atomic E-state index is 0.825. The summed E-state index contributed by atoms with van der Waals surface area (Å²) in [6.45, 7) is 4.39. The zero-order valence-electron chi connectivity index (χ0n) is 10.6. The number of fused-ring (bicyclic) bond motifs is 1. The van der Waals surface area contributed by atoms with Crippen molar-refractivity contribution in [3.63, 3.8) is 0 Å². The van der Waals surface area contributed by atoms with E-state index in [1.165, 1.54) is 32.4 Å². The third kappa shape index (κ3) is 2.40. The second kappa shape index (κ2) is 4.83. The molecular weight excluding hydrogens is 212 g/mol. The Morgan fingerprint density at radius 1 is 1.24 bits per heavy atom. The fourth-order valence-electron chi connectivity index (χ4n) is 3.46. The highest BCUT2D eigenvalue weighted by molar-refractivity contribution is 5.07. The van der Waals surface area contributed by atoms with E-state index < -0.39 is 0 Å². The molecular formula is C14H22N2O. The number of rotatable bonds is 4. The molecule has 2 aliphatic rings. The van der Waals surface area contributed by atoms with Gasteiger partial charge in [-0.25, -0.2) is 0 Å². The topological polar surface area (TPSA) is 28.4 Å². The molecule has 1 saturated carbocycles. The number of furan rings is 1. The molecule has 1 saturated heterocycles. The summed E-state index contributed by atoms with van der Waals surface area (Å²) >= 11 is 0. The van der Waals surface area contributed by atoms with E-state index in [4.69, 9.17) is 4.42 Å². The van der Waals surface area contributed by atoms with Crippen molar-refractivity contribution in [2.75, 3.05) is 20.1 Å². The maximum atomic E-state index is 5.80. The lowest BCUT2D eigenvalue weighted by Crippen LogP contribution is -2.20. The van der Waals surface area contributed by atoms with Gasteiger partial charge in [-0.15, -0.1) is 0 Å². The predicted octanol–water partition coefficient (Wildman–Crippen LogP) is 2.23. The second-order valence-corrected chi connectivity index (χ2v) is 5.54. The van der Waals surface area contributed by atoms with Gasteiger partial charge in [-0.05, 0) is 43.9 Å². The van der Waals surface area contributed by atoms with Gasteiger partial charge >= 0.3 is 0 Å². The van der Waals surface area contributed by atoms with Crippen LogP contribution in [0.15, 0.2) is 16.5 Å². The molecule has 1 aromatic heterocycles. The monoisotopic (exact) mass is 234 g/mol. The molecule has 1 N–H and O–H groups in total. The van der Waals surface area contributed by atoms with Crippen LogP contribution in [0.25, 0.3) is 0 Å². The average Bonchev–Trinajstić information content (AvgIpc) is 2.95. The van der Waals surface area contributed by atoms with Crippen molar-refractivity contribution < 1.29 is 4.42 Å². The highest BCUT2D eigenvalue weighted by atomic mass is 16.3. The van der Waals surface area contributed by atoms with Crippen LogP contribution in [0.5, 0.6) is 0 Å². The van der Waals surface area contributed by atoms with Crippen molar-refractivity contribution in [2.45, 2.75) is 32.4 Å². The summed E-state index contributed by atoms with van der Waals surface area (Å²) in [7, 11) is 1.95. The van der Waals surface area contributed by atoms with E-state index in [1.54, 1.807) is 0 Å². The molecule has 2 atom stereocenters. The van der Waals surface area contributed by atoms with Crippen LogP contribution >= 0.6 is 0 Å². The van der Waals surface area contributed by atoms with Crippen molar-refractivity contribution in [1.29, 1.82) is 0 Å². The maximum Gasteiger partial charge on any atom is 0.118 e. The zero-order valence-corrected chi connectivity index (χ0v) is 10.6. The smallest absolute Gasteiger partial charge is 0.118 e. The standard InChI is InChI=1S/C14H22N2O/c1-15-7-13-5-6-14(17-13)10-16-8-11-3-2-4-12(11)9-16/h5-6,11-12,15H,2-4,7-10H2,1H3. The van der Waals surface area contributed by atoms with Crippen LogP contribution in [0.4, 0.5) is 0 Å². The van der Waals surface area contributed by atoms with Crippen LogP contribution in [-0.4, -0.2) is 25.0 Å². The van der Waals surface area contributed by atoms with Gasteiger partial charge in [0.2, 0.25) is 0 Å². The van der Waals surface area contributed by atoms with Gasteiger partial charge in [0, 0.05) is 13.1 Å².